The van der Waals surface area contributed by atoms with Crippen LogP contribution in [0.3, 0.4) is 0 Å². The van der Waals surface area contributed by atoms with Gasteiger partial charge in [0.1, 0.15) is 23.5 Å². The molecule has 0 aromatic heterocycles. The van der Waals surface area contributed by atoms with Crippen LogP contribution in [0.25, 0.3) is 22.5 Å². The number of rotatable bonds is 6. The second-order valence-electron chi connectivity index (χ2n) is 12.0. The summed E-state index contributed by atoms with van der Waals surface area (Å²) in [5, 5.41) is 31.9. The molecule has 0 bridgehead atoms. The van der Waals surface area contributed by atoms with Gasteiger partial charge < -0.3 is 10.6 Å². The number of hydrogen-bond donors (Lipinski definition) is 2. The molecule has 0 aliphatic carbocycles. The van der Waals surface area contributed by atoms with E-state index < -0.39 is 0 Å². The smallest absolute Gasteiger partial charge is 0.106 e. The first-order valence-electron chi connectivity index (χ1n) is 15.8. The molecule has 7 rings (SSSR count). The molecule has 230 valence electrons. The largest absolute Gasteiger partial charge is 0.353 e. The van der Waals surface area contributed by atoms with Gasteiger partial charge in [-0.1, -0.05) is 97.1 Å². The van der Waals surface area contributed by atoms with Crippen LogP contribution in [0.2, 0.25) is 0 Å². The Labute approximate surface area is 279 Å². The summed E-state index contributed by atoms with van der Waals surface area (Å²) in [5.41, 5.74) is 11.2. The lowest BCUT2D eigenvalue weighted by molar-refractivity contribution is 1.25. The number of fused-ring (bicyclic) bond motifs is 2. The van der Waals surface area contributed by atoms with E-state index >= 15 is 0 Å². The van der Waals surface area contributed by atoms with Crippen molar-refractivity contribution in [1.82, 2.24) is 0 Å². The van der Waals surface area contributed by atoms with Crippen LogP contribution in [0.15, 0.2) is 131 Å². The highest BCUT2D eigenvalue weighted by Crippen LogP contribution is 2.32. The summed E-state index contributed by atoms with van der Waals surface area (Å²) in [7, 11) is 0. The van der Waals surface area contributed by atoms with Crippen molar-refractivity contribution in [3.05, 3.63) is 175 Å². The van der Waals surface area contributed by atoms with Gasteiger partial charge in [0.25, 0.3) is 0 Å². The van der Waals surface area contributed by atoms with Crippen LogP contribution >= 0.6 is 0 Å². The Kier molecular flexibility index (Phi) is 7.77. The topological polar surface area (TPSA) is 96.4 Å². The van der Waals surface area contributed by atoms with Gasteiger partial charge in [0.2, 0.25) is 0 Å². The maximum Gasteiger partial charge on any atom is 0.106 e. The van der Waals surface area contributed by atoms with Crippen molar-refractivity contribution in [2.24, 2.45) is 9.98 Å². The first kappa shape index (κ1) is 30.2. The Morgan fingerprint density at radius 1 is 0.479 bits per heavy atom. The molecule has 0 atom stereocenters. The number of benzene rings is 5. The van der Waals surface area contributed by atoms with Gasteiger partial charge in [-0.25, -0.2) is 9.98 Å². The normalized spacial score (nSPS) is 15.0. The second-order valence-corrected chi connectivity index (χ2v) is 12.0. The monoisotopic (exact) mass is 620 g/mol. The molecule has 2 N–H and O–H groups in total. The molecule has 48 heavy (non-hydrogen) atoms. The Balaban J connectivity index is 1.35. The number of nitrogens with zero attached hydrogens (tertiary/aromatic N) is 4. The zero-order valence-electron chi connectivity index (χ0n) is 27.2. The van der Waals surface area contributed by atoms with Crippen LogP contribution in [0, 0.1) is 50.4 Å². The standard InChI is InChI=1S/C42H32N6/c1-25-11-5-7-17-35(25)45-39-31-15-9-13-27(3)37(31)47-41(39)33(23-43)29-19-21-30(22-20-29)34(24-44)42-40(46-36-18-8-6-12-26(36)2)32-16-10-14-28(4)38(32)48-42/h5-22,45-46H,1-4H3/b41-33-,42-34-. The van der Waals surface area contributed by atoms with Gasteiger partial charge in [0.05, 0.1) is 33.3 Å². The SMILES string of the molecule is Cc1ccccc1NC1=c2cccc(C)c2=N/C1=C(/C#N)c1ccc(/C(C#N)=C2\N=c3c(C)cccc3=C2Nc2ccccc2C)cc1. The van der Waals surface area contributed by atoms with Crippen molar-refractivity contribution < 1.29 is 0 Å². The molecule has 0 radical (unpaired) electrons. The molecular formula is C42H32N6. The highest BCUT2D eigenvalue weighted by Gasteiger charge is 2.23. The molecule has 5 aromatic rings. The average Bonchev–Trinajstić information content (AvgIpc) is 3.64. The molecule has 5 aromatic carbocycles. The highest BCUT2D eigenvalue weighted by atomic mass is 15.0. The van der Waals surface area contributed by atoms with E-state index in [1.165, 1.54) is 0 Å². The Bertz CT molecular complexity index is 2380. The van der Waals surface area contributed by atoms with E-state index in [4.69, 9.17) is 9.98 Å². The molecule has 0 amide bonds. The van der Waals surface area contributed by atoms with E-state index in [-0.39, 0.29) is 0 Å². The van der Waals surface area contributed by atoms with E-state index in [1.54, 1.807) is 0 Å². The molecule has 6 nitrogen and oxygen atoms in total. The third-order valence-corrected chi connectivity index (χ3v) is 8.90. The minimum atomic E-state index is 0.446. The number of aryl methyl sites for hydroxylation is 4. The molecule has 0 saturated carbocycles. The predicted molar refractivity (Wildman–Crippen MR) is 192 cm³/mol. The van der Waals surface area contributed by atoms with Crippen molar-refractivity contribution in [1.29, 1.82) is 10.5 Å². The Morgan fingerprint density at radius 3 is 1.23 bits per heavy atom. The summed E-state index contributed by atoms with van der Waals surface area (Å²) >= 11 is 0. The van der Waals surface area contributed by atoms with Crippen LogP contribution < -0.4 is 31.8 Å². The lowest BCUT2D eigenvalue weighted by atomic mass is 9.97. The number of hydrogen-bond acceptors (Lipinski definition) is 6. The maximum absolute atomic E-state index is 10.6. The Hall–Kier alpha value is -6.50. The first-order chi connectivity index (χ1) is 23.4. The van der Waals surface area contributed by atoms with Crippen LogP contribution in [-0.2, 0) is 0 Å². The third kappa shape index (κ3) is 5.26. The van der Waals surface area contributed by atoms with Gasteiger partial charge in [-0.05, 0) is 73.2 Å². The van der Waals surface area contributed by atoms with E-state index in [9.17, 15) is 10.5 Å². The average molecular weight is 621 g/mol. The van der Waals surface area contributed by atoms with Crippen LogP contribution in [-0.4, -0.2) is 0 Å². The molecule has 2 aliphatic rings. The van der Waals surface area contributed by atoms with Gasteiger partial charge in [0.15, 0.2) is 0 Å². The molecule has 0 unspecified atom stereocenters. The number of allylic oxidation sites excluding steroid dienone is 2. The minimum Gasteiger partial charge on any atom is -0.353 e. The summed E-state index contributed by atoms with van der Waals surface area (Å²) < 4.78 is 0. The van der Waals surface area contributed by atoms with E-state index in [1.807, 2.05) is 111 Å². The van der Waals surface area contributed by atoms with Crippen molar-refractivity contribution in [2.45, 2.75) is 27.7 Å². The zero-order valence-corrected chi connectivity index (χ0v) is 27.2. The first-order valence-corrected chi connectivity index (χ1v) is 15.8. The van der Waals surface area contributed by atoms with Crippen molar-refractivity contribution in [3.8, 4) is 12.1 Å². The fourth-order valence-corrected chi connectivity index (χ4v) is 6.23. The summed E-state index contributed by atoms with van der Waals surface area (Å²) in [6.07, 6.45) is 0. The van der Waals surface area contributed by atoms with Gasteiger partial charge in [-0.15, -0.1) is 0 Å². The quantitative estimate of drug-likeness (QED) is 0.212. The van der Waals surface area contributed by atoms with Crippen molar-refractivity contribution >= 4 is 33.9 Å². The summed E-state index contributed by atoms with van der Waals surface area (Å²) in [6, 6.07) is 40.7. The number of anilines is 2. The highest BCUT2D eigenvalue weighted by molar-refractivity contribution is 5.95. The van der Waals surface area contributed by atoms with Gasteiger partial charge in [-0.3, -0.25) is 0 Å². The zero-order chi connectivity index (χ0) is 33.4. The molecular weight excluding hydrogens is 589 g/mol. The second kappa shape index (κ2) is 12.4. The summed E-state index contributed by atoms with van der Waals surface area (Å²) in [4.78, 5) is 10.0. The fourth-order valence-electron chi connectivity index (χ4n) is 6.23. The molecule has 0 spiro atoms. The lowest BCUT2D eigenvalue weighted by Gasteiger charge is -2.14. The summed E-state index contributed by atoms with van der Waals surface area (Å²) in [6.45, 7) is 8.16. The minimum absolute atomic E-state index is 0.446. The van der Waals surface area contributed by atoms with E-state index in [2.05, 4.69) is 48.8 Å². The summed E-state index contributed by atoms with van der Waals surface area (Å²) in [5.74, 6) is 0. The molecule has 2 heterocycles. The lowest BCUT2D eigenvalue weighted by Crippen LogP contribution is -2.27. The van der Waals surface area contributed by atoms with E-state index in [0.29, 0.717) is 33.7 Å². The van der Waals surface area contributed by atoms with Crippen molar-refractivity contribution in [2.75, 3.05) is 10.6 Å². The van der Waals surface area contributed by atoms with Crippen molar-refractivity contribution in [3.63, 3.8) is 0 Å². The van der Waals surface area contributed by atoms with Gasteiger partial charge in [0, 0.05) is 21.8 Å². The maximum atomic E-state index is 10.6. The predicted octanol–water partition coefficient (Wildman–Crippen LogP) is 6.50. The Morgan fingerprint density at radius 2 is 0.854 bits per heavy atom. The van der Waals surface area contributed by atoms with Gasteiger partial charge in [-0.2, -0.15) is 10.5 Å². The fraction of sp³-hybridized carbons (Fsp3) is 0.0952. The van der Waals surface area contributed by atoms with Crippen LogP contribution in [0.4, 0.5) is 11.4 Å². The number of nitrogens with one attached hydrogen (secondary N) is 2. The van der Waals surface area contributed by atoms with Crippen LogP contribution in [0.5, 0.6) is 0 Å². The third-order valence-electron chi connectivity index (χ3n) is 8.90. The number of nitriles is 2. The molecule has 0 saturated heterocycles. The molecule has 2 aliphatic heterocycles. The molecule has 6 heteroatoms. The van der Waals surface area contributed by atoms with E-state index in [0.717, 1.165) is 66.2 Å². The van der Waals surface area contributed by atoms with Gasteiger partial charge >= 0.3 is 0 Å². The number of para-hydroxylation sites is 4. The van der Waals surface area contributed by atoms with Crippen LogP contribution in [0.1, 0.15) is 33.4 Å². The molecule has 0 fully saturated rings.